The molecule has 0 fully saturated rings. The lowest BCUT2D eigenvalue weighted by atomic mass is 10.0. The normalized spacial score (nSPS) is 15.9. The van der Waals surface area contributed by atoms with Crippen LogP contribution in [0.2, 0.25) is 0 Å². The predicted octanol–water partition coefficient (Wildman–Crippen LogP) is 2.90. The molecule has 1 atom stereocenters. The molecule has 2 aromatic carbocycles. The number of ether oxygens (including phenoxy) is 1. The van der Waals surface area contributed by atoms with Crippen molar-refractivity contribution < 1.29 is 19.4 Å². The Bertz CT molecular complexity index is 800. The fraction of sp³-hybridized carbons (Fsp3) is 0.263. The Morgan fingerprint density at radius 2 is 1.92 bits per heavy atom. The molecule has 1 amide bonds. The molecule has 0 saturated carbocycles. The minimum atomic E-state index is -0.923. The van der Waals surface area contributed by atoms with Crippen molar-refractivity contribution >= 4 is 17.6 Å². The van der Waals surface area contributed by atoms with Gasteiger partial charge in [-0.3, -0.25) is 9.59 Å². The van der Waals surface area contributed by atoms with Gasteiger partial charge in [0.15, 0.2) is 6.61 Å². The first-order valence-electron chi connectivity index (χ1n) is 7.79. The van der Waals surface area contributed by atoms with Gasteiger partial charge in [0.1, 0.15) is 11.7 Å². The molecule has 3 rings (SSSR count). The molecule has 1 N–H and O–H groups in total. The average Bonchev–Trinajstić information content (AvgIpc) is 2.96. The summed E-state index contributed by atoms with van der Waals surface area (Å²) in [6, 6.07) is 12.8. The number of amides is 1. The number of anilines is 1. The van der Waals surface area contributed by atoms with Crippen molar-refractivity contribution in [1.29, 1.82) is 0 Å². The van der Waals surface area contributed by atoms with Gasteiger partial charge in [0.05, 0.1) is 0 Å². The van der Waals surface area contributed by atoms with E-state index < -0.39 is 11.9 Å². The van der Waals surface area contributed by atoms with Crippen molar-refractivity contribution in [1.82, 2.24) is 0 Å². The highest BCUT2D eigenvalue weighted by Gasteiger charge is 2.36. The summed E-state index contributed by atoms with van der Waals surface area (Å²) in [4.78, 5) is 25.4. The number of benzene rings is 2. The summed E-state index contributed by atoms with van der Waals surface area (Å²) in [6.07, 6.45) is 0. The smallest absolute Gasteiger partial charge is 0.312 e. The first kappa shape index (κ1) is 16.1. The van der Waals surface area contributed by atoms with Gasteiger partial charge in [0.25, 0.3) is 5.91 Å². The highest BCUT2D eigenvalue weighted by Crippen LogP contribution is 2.36. The molecule has 1 heterocycles. The minimum Gasteiger partial charge on any atom is -0.484 e. The molecule has 0 aliphatic carbocycles. The molecule has 0 radical (unpaired) electrons. The maximum absolute atomic E-state index is 12.5. The van der Waals surface area contributed by atoms with E-state index in [9.17, 15) is 14.7 Å². The molecule has 1 aliphatic heterocycles. The maximum atomic E-state index is 12.5. The highest BCUT2D eigenvalue weighted by molar-refractivity contribution is 5.99. The Balaban J connectivity index is 1.74. The van der Waals surface area contributed by atoms with E-state index >= 15 is 0 Å². The molecule has 1 unspecified atom stereocenters. The van der Waals surface area contributed by atoms with E-state index in [0.29, 0.717) is 17.0 Å². The maximum Gasteiger partial charge on any atom is 0.312 e. The van der Waals surface area contributed by atoms with Crippen molar-refractivity contribution in [2.75, 3.05) is 18.1 Å². The summed E-state index contributed by atoms with van der Waals surface area (Å²) in [5, 5.41) is 9.35. The van der Waals surface area contributed by atoms with Crippen molar-refractivity contribution in [3.8, 4) is 5.75 Å². The van der Waals surface area contributed by atoms with E-state index in [1.165, 1.54) is 4.90 Å². The highest BCUT2D eigenvalue weighted by atomic mass is 16.5. The molecule has 0 bridgehead atoms. The van der Waals surface area contributed by atoms with Crippen LogP contribution >= 0.6 is 0 Å². The third-order valence-electron chi connectivity index (χ3n) is 4.41. The second kappa shape index (κ2) is 6.35. The summed E-state index contributed by atoms with van der Waals surface area (Å²) in [6.45, 7) is 4.02. The predicted molar refractivity (Wildman–Crippen MR) is 90.6 cm³/mol. The number of carbonyl (C=O) groups excluding carboxylic acids is 1. The molecule has 5 nitrogen and oxygen atoms in total. The van der Waals surface area contributed by atoms with Crippen LogP contribution in [0.4, 0.5) is 5.69 Å². The Hall–Kier alpha value is -2.82. The Morgan fingerprint density at radius 1 is 1.17 bits per heavy atom. The number of carboxylic acids is 1. The number of carbonyl (C=O) groups is 2. The van der Waals surface area contributed by atoms with Crippen LogP contribution in [0.15, 0.2) is 42.5 Å². The van der Waals surface area contributed by atoms with Crippen molar-refractivity contribution in [2.45, 2.75) is 19.8 Å². The van der Waals surface area contributed by atoms with E-state index in [1.54, 1.807) is 24.3 Å². The zero-order valence-corrected chi connectivity index (χ0v) is 13.7. The Labute approximate surface area is 140 Å². The van der Waals surface area contributed by atoms with Crippen LogP contribution in [0.1, 0.15) is 22.6 Å². The standard InChI is InChI=1S/C19H19NO4/c1-12-7-8-14(9-13(12)2)24-11-18(21)20-10-16(19(22)23)15-5-3-4-6-17(15)20/h3-9,16H,10-11H2,1-2H3,(H,22,23). The van der Waals surface area contributed by atoms with Crippen LogP contribution in [-0.2, 0) is 9.59 Å². The van der Waals surface area contributed by atoms with Crippen LogP contribution in [0, 0.1) is 13.8 Å². The van der Waals surface area contributed by atoms with E-state index in [-0.39, 0.29) is 19.1 Å². The largest absolute Gasteiger partial charge is 0.484 e. The molecule has 0 saturated heterocycles. The number of aliphatic carboxylic acids is 1. The van der Waals surface area contributed by atoms with Gasteiger partial charge >= 0.3 is 5.97 Å². The zero-order chi connectivity index (χ0) is 17.3. The van der Waals surface area contributed by atoms with E-state index in [0.717, 1.165) is 11.1 Å². The van der Waals surface area contributed by atoms with Crippen LogP contribution in [0.5, 0.6) is 5.75 Å². The zero-order valence-electron chi connectivity index (χ0n) is 13.7. The Kier molecular flexibility index (Phi) is 4.25. The lowest BCUT2D eigenvalue weighted by Crippen LogP contribution is -2.35. The number of rotatable bonds is 4. The quantitative estimate of drug-likeness (QED) is 0.938. The number of aryl methyl sites for hydroxylation is 2. The molecular weight excluding hydrogens is 306 g/mol. The summed E-state index contributed by atoms with van der Waals surface area (Å²) < 4.78 is 5.59. The summed E-state index contributed by atoms with van der Waals surface area (Å²) in [5.74, 6) is -1.22. The van der Waals surface area contributed by atoms with Gasteiger partial charge in [0, 0.05) is 12.2 Å². The number of fused-ring (bicyclic) bond motifs is 1. The average molecular weight is 325 g/mol. The molecule has 0 spiro atoms. The lowest BCUT2D eigenvalue weighted by molar-refractivity contribution is -0.138. The van der Waals surface area contributed by atoms with E-state index in [1.807, 2.05) is 32.0 Å². The summed E-state index contributed by atoms with van der Waals surface area (Å²) in [7, 11) is 0. The third-order valence-corrected chi connectivity index (χ3v) is 4.41. The molecule has 24 heavy (non-hydrogen) atoms. The van der Waals surface area contributed by atoms with Crippen molar-refractivity contribution in [2.24, 2.45) is 0 Å². The topological polar surface area (TPSA) is 66.8 Å². The minimum absolute atomic E-state index is 0.122. The van der Waals surface area contributed by atoms with Gasteiger partial charge in [-0.2, -0.15) is 0 Å². The lowest BCUT2D eigenvalue weighted by Gasteiger charge is -2.18. The second-order valence-electron chi connectivity index (χ2n) is 5.99. The number of hydrogen-bond donors (Lipinski definition) is 1. The molecule has 124 valence electrons. The second-order valence-corrected chi connectivity index (χ2v) is 5.99. The fourth-order valence-corrected chi connectivity index (χ4v) is 2.88. The van der Waals surface area contributed by atoms with Gasteiger partial charge in [-0.15, -0.1) is 0 Å². The fourth-order valence-electron chi connectivity index (χ4n) is 2.88. The van der Waals surface area contributed by atoms with E-state index in [2.05, 4.69) is 0 Å². The number of carboxylic acid groups (broad SMARTS) is 1. The van der Waals surface area contributed by atoms with Crippen LogP contribution in [-0.4, -0.2) is 30.1 Å². The van der Waals surface area contributed by atoms with Gasteiger partial charge in [0.2, 0.25) is 0 Å². The number of para-hydroxylation sites is 1. The van der Waals surface area contributed by atoms with Crippen molar-refractivity contribution in [3.05, 3.63) is 59.2 Å². The number of hydrogen-bond acceptors (Lipinski definition) is 3. The Morgan fingerprint density at radius 3 is 2.62 bits per heavy atom. The van der Waals surface area contributed by atoms with Crippen molar-refractivity contribution in [3.63, 3.8) is 0 Å². The van der Waals surface area contributed by atoms with Crippen LogP contribution in [0.3, 0.4) is 0 Å². The molecule has 2 aromatic rings. The monoisotopic (exact) mass is 325 g/mol. The first-order chi connectivity index (χ1) is 11.5. The number of nitrogens with zero attached hydrogens (tertiary/aromatic N) is 1. The van der Waals surface area contributed by atoms with Crippen LogP contribution in [0.25, 0.3) is 0 Å². The third kappa shape index (κ3) is 2.97. The van der Waals surface area contributed by atoms with Crippen LogP contribution < -0.4 is 9.64 Å². The molecule has 1 aliphatic rings. The summed E-state index contributed by atoms with van der Waals surface area (Å²) in [5.41, 5.74) is 3.58. The summed E-state index contributed by atoms with van der Waals surface area (Å²) >= 11 is 0. The molecule has 5 heteroatoms. The molecule has 0 aromatic heterocycles. The van der Waals surface area contributed by atoms with Gasteiger partial charge in [-0.1, -0.05) is 24.3 Å². The first-order valence-corrected chi connectivity index (χ1v) is 7.79. The van der Waals surface area contributed by atoms with Gasteiger partial charge < -0.3 is 14.7 Å². The van der Waals surface area contributed by atoms with Gasteiger partial charge in [-0.25, -0.2) is 0 Å². The molecular formula is C19H19NO4. The van der Waals surface area contributed by atoms with E-state index in [4.69, 9.17) is 4.74 Å². The SMILES string of the molecule is Cc1ccc(OCC(=O)N2CC(C(=O)O)c3ccccc32)cc1C. The van der Waals surface area contributed by atoms with Gasteiger partial charge in [-0.05, 0) is 48.7 Å².